The number of carboxylic acid groups (broad SMARTS) is 1. The minimum absolute atomic E-state index is 0.214. The Labute approximate surface area is 117 Å². The molecule has 5 nitrogen and oxygen atoms in total. The summed E-state index contributed by atoms with van der Waals surface area (Å²) in [7, 11) is 0. The van der Waals surface area contributed by atoms with Crippen LogP contribution in [0.3, 0.4) is 0 Å². The zero-order valence-electron chi connectivity index (χ0n) is 11.3. The van der Waals surface area contributed by atoms with E-state index in [1.165, 1.54) is 12.5 Å². The van der Waals surface area contributed by atoms with Crippen LogP contribution in [0.2, 0.25) is 0 Å². The van der Waals surface area contributed by atoms with Crippen LogP contribution in [0.15, 0.2) is 24.3 Å². The molecule has 5 heteroatoms. The fourth-order valence-electron chi connectivity index (χ4n) is 2.05. The first-order valence-electron chi connectivity index (χ1n) is 6.63. The second-order valence-electron chi connectivity index (χ2n) is 5.03. The van der Waals surface area contributed by atoms with Crippen molar-refractivity contribution < 1.29 is 14.7 Å². The summed E-state index contributed by atoms with van der Waals surface area (Å²) >= 11 is 0. The van der Waals surface area contributed by atoms with Gasteiger partial charge in [-0.25, -0.2) is 9.59 Å². The average molecular weight is 274 g/mol. The van der Waals surface area contributed by atoms with E-state index in [0.717, 1.165) is 30.0 Å². The number of carbonyl (C=O) groups excluding carboxylic acids is 1. The molecule has 3 N–H and O–H groups in total. The lowest BCUT2D eigenvalue weighted by molar-refractivity contribution is -0.131. The SMILES string of the molecule is Cc1cc(/C=C/C(=O)O)cc(NC(=O)NC2CCC2)c1. The third-order valence-electron chi connectivity index (χ3n) is 3.22. The Hall–Kier alpha value is -2.30. The number of hydrogen-bond donors (Lipinski definition) is 3. The van der Waals surface area contributed by atoms with Gasteiger partial charge < -0.3 is 15.7 Å². The highest BCUT2D eigenvalue weighted by Crippen LogP contribution is 2.19. The molecule has 1 aliphatic rings. The van der Waals surface area contributed by atoms with Crippen LogP contribution in [-0.4, -0.2) is 23.1 Å². The van der Waals surface area contributed by atoms with Gasteiger partial charge in [-0.1, -0.05) is 6.07 Å². The van der Waals surface area contributed by atoms with Crippen molar-refractivity contribution in [1.82, 2.24) is 5.32 Å². The molecule has 0 atom stereocenters. The van der Waals surface area contributed by atoms with E-state index in [0.29, 0.717) is 5.69 Å². The van der Waals surface area contributed by atoms with Crippen molar-refractivity contribution in [3.63, 3.8) is 0 Å². The van der Waals surface area contributed by atoms with Crippen molar-refractivity contribution in [3.05, 3.63) is 35.4 Å². The Morgan fingerprint density at radius 1 is 1.30 bits per heavy atom. The molecule has 0 bridgehead atoms. The number of aliphatic carboxylic acids is 1. The standard InChI is InChI=1S/C15H18N2O3/c1-10-7-11(5-6-14(18)19)9-13(8-10)17-15(20)16-12-3-2-4-12/h5-9,12H,2-4H2,1H3,(H,18,19)(H2,16,17,20)/b6-5+. The molecule has 0 unspecified atom stereocenters. The number of amides is 2. The van der Waals surface area contributed by atoms with Gasteiger partial charge in [0.25, 0.3) is 0 Å². The number of benzene rings is 1. The van der Waals surface area contributed by atoms with E-state index in [1.807, 2.05) is 19.1 Å². The first-order chi connectivity index (χ1) is 9.52. The highest BCUT2D eigenvalue weighted by Gasteiger charge is 2.19. The zero-order valence-corrected chi connectivity index (χ0v) is 11.3. The smallest absolute Gasteiger partial charge is 0.328 e. The molecule has 0 aromatic heterocycles. The summed E-state index contributed by atoms with van der Waals surface area (Å²) in [5.41, 5.74) is 2.36. The number of nitrogens with one attached hydrogen (secondary N) is 2. The number of urea groups is 1. The topological polar surface area (TPSA) is 78.4 Å². The van der Waals surface area contributed by atoms with Crippen molar-refractivity contribution >= 4 is 23.8 Å². The van der Waals surface area contributed by atoms with Gasteiger partial charge in [-0.05, 0) is 55.5 Å². The van der Waals surface area contributed by atoms with E-state index < -0.39 is 5.97 Å². The third-order valence-corrected chi connectivity index (χ3v) is 3.22. The van der Waals surface area contributed by atoms with Crippen LogP contribution in [0.4, 0.5) is 10.5 Å². The van der Waals surface area contributed by atoms with Gasteiger partial charge in [0, 0.05) is 17.8 Å². The van der Waals surface area contributed by atoms with Crippen LogP contribution in [0.5, 0.6) is 0 Å². The summed E-state index contributed by atoms with van der Waals surface area (Å²) in [4.78, 5) is 22.3. The first-order valence-corrected chi connectivity index (χ1v) is 6.63. The van der Waals surface area contributed by atoms with E-state index in [9.17, 15) is 9.59 Å². The number of anilines is 1. The minimum atomic E-state index is -0.997. The minimum Gasteiger partial charge on any atom is -0.478 e. The molecule has 20 heavy (non-hydrogen) atoms. The fourth-order valence-corrected chi connectivity index (χ4v) is 2.05. The summed E-state index contributed by atoms with van der Waals surface area (Å²) in [6.07, 6.45) is 5.82. The molecule has 0 heterocycles. The van der Waals surface area contributed by atoms with E-state index in [1.54, 1.807) is 6.07 Å². The van der Waals surface area contributed by atoms with Gasteiger partial charge in [0.2, 0.25) is 0 Å². The van der Waals surface area contributed by atoms with Crippen LogP contribution < -0.4 is 10.6 Å². The van der Waals surface area contributed by atoms with Crippen molar-refractivity contribution in [2.24, 2.45) is 0 Å². The van der Waals surface area contributed by atoms with Gasteiger partial charge in [0.05, 0.1) is 0 Å². The van der Waals surface area contributed by atoms with Crippen LogP contribution in [0.1, 0.15) is 30.4 Å². The Kier molecular flexibility index (Phi) is 4.40. The van der Waals surface area contributed by atoms with Crippen molar-refractivity contribution in [2.75, 3.05) is 5.32 Å². The Balaban J connectivity index is 2.02. The van der Waals surface area contributed by atoms with Gasteiger partial charge >= 0.3 is 12.0 Å². The van der Waals surface area contributed by atoms with Gasteiger partial charge in [-0.3, -0.25) is 0 Å². The first kappa shape index (κ1) is 14.1. The van der Waals surface area contributed by atoms with Crippen LogP contribution in [0, 0.1) is 6.92 Å². The number of carbonyl (C=O) groups is 2. The van der Waals surface area contributed by atoms with Gasteiger partial charge in [0.15, 0.2) is 0 Å². The highest BCUT2D eigenvalue weighted by atomic mass is 16.4. The molecule has 0 saturated heterocycles. The molecule has 1 saturated carbocycles. The van der Waals surface area contributed by atoms with Crippen LogP contribution in [-0.2, 0) is 4.79 Å². The van der Waals surface area contributed by atoms with Gasteiger partial charge in [0.1, 0.15) is 0 Å². The Morgan fingerprint density at radius 3 is 2.65 bits per heavy atom. The van der Waals surface area contributed by atoms with E-state index in [2.05, 4.69) is 10.6 Å². The maximum atomic E-state index is 11.8. The normalized spacial score (nSPS) is 14.8. The van der Waals surface area contributed by atoms with Gasteiger partial charge in [-0.15, -0.1) is 0 Å². The number of carboxylic acids is 1. The fraction of sp³-hybridized carbons (Fsp3) is 0.333. The van der Waals surface area contributed by atoms with Crippen molar-refractivity contribution in [2.45, 2.75) is 32.2 Å². The van der Waals surface area contributed by atoms with Crippen molar-refractivity contribution in [3.8, 4) is 0 Å². The maximum Gasteiger partial charge on any atom is 0.328 e. The second kappa shape index (κ2) is 6.23. The molecule has 2 rings (SSSR count). The molecular formula is C15H18N2O3. The number of aryl methyl sites for hydroxylation is 1. The maximum absolute atomic E-state index is 11.8. The van der Waals surface area contributed by atoms with E-state index >= 15 is 0 Å². The van der Waals surface area contributed by atoms with Gasteiger partial charge in [-0.2, -0.15) is 0 Å². The van der Waals surface area contributed by atoms with Crippen molar-refractivity contribution in [1.29, 1.82) is 0 Å². The Morgan fingerprint density at radius 2 is 2.05 bits per heavy atom. The highest BCUT2D eigenvalue weighted by molar-refractivity contribution is 5.90. The molecule has 0 spiro atoms. The van der Waals surface area contributed by atoms with E-state index in [4.69, 9.17) is 5.11 Å². The largest absolute Gasteiger partial charge is 0.478 e. The predicted molar refractivity (Wildman–Crippen MR) is 77.6 cm³/mol. The molecule has 1 aliphatic carbocycles. The summed E-state index contributed by atoms with van der Waals surface area (Å²) < 4.78 is 0. The third kappa shape index (κ3) is 4.12. The predicted octanol–water partition coefficient (Wildman–Crippen LogP) is 2.77. The molecular weight excluding hydrogens is 256 g/mol. The lowest BCUT2D eigenvalue weighted by atomic mass is 9.93. The molecule has 1 aromatic rings. The summed E-state index contributed by atoms with van der Waals surface area (Å²) in [6, 6.07) is 5.51. The quantitative estimate of drug-likeness (QED) is 0.739. The number of rotatable bonds is 4. The molecule has 106 valence electrons. The average Bonchev–Trinajstić information content (AvgIpc) is 2.31. The molecule has 1 aromatic carbocycles. The molecule has 0 aliphatic heterocycles. The van der Waals surface area contributed by atoms with Crippen LogP contribution in [0.25, 0.3) is 6.08 Å². The summed E-state index contributed by atoms with van der Waals surface area (Å²) in [6.45, 7) is 1.90. The summed E-state index contributed by atoms with van der Waals surface area (Å²) in [5.74, 6) is -0.997. The zero-order chi connectivity index (χ0) is 14.5. The Bertz CT molecular complexity index is 548. The molecule has 0 radical (unpaired) electrons. The lowest BCUT2D eigenvalue weighted by Gasteiger charge is -2.26. The second-order valence-corrected chi connectivity index (χ2v) is 5.03. The van der Waals surface area contributed by atoms with Crippen LogP contribution >= 0.6 is 0 Å². The molecule has 1 fully saturated rings. The lowest BCUT2D eigenvalue weighted by Crippen LogP contribution is -2.41. The monoisotopic (exact) mass is 274 g/mol. The summed E-state index contributed by atoms with van der Waals surface area (Å²) in [5, 5.41) is 14.3. The van der Waals surface area contributed by atoms with E-state index in [-0.39, 0.29) is 12.1 Å². The molecule has 2 amide bonds. The number of hydrogen-bond acceptors (Lipinski definition) is 2.